The number of amides is 1. The number of carbonyl (C=O) groups excluding carboxylic acids is 1. The summed E-state index contributed by atoms with van der Waals surface area (Å²) in [5.41, 5.74) is 0. The van der Waals surface area contributed by atoms with Crippen molar-refractivity contribution >= 4 is 15.9 Å². The maximum atomic E-state index is 12.6. The molecule has 1 aliphatic heterocycles. The molecule has 1 atom stereocenters. The van der Waals surface area contributed by atoms with Gasteiger partial charge in [0, 0.05) is 25.0 Å². The van der Waals surface area contributed by atoms with Crippen LogP contribution in [0.5, 0.6) is 0 Å². The second kappa shape index (κ2) is 6.89. The average molecular weight is 302 g/mol. The first-order chi connectivity index (χ1) is 9.47. The summed E-state index contributed by atoms with van der Waals surface area (Å²) < 4.78 is 25.0. The van der Waals surface area contributed by atoms with Crippen LogP contribution in [0.2, 0.25) is 0 Å². The number of rotatable bonds is 4. The maximum Gasteiger partial charge on any atom is 0.225 e. The second-order valence-corrected chi connectivity index (χ2v) is 7.97. The lowest BCUT2D eigenvalue weighted by Crippen LogP contribution is -2.51. The van der Waals surface area contributed by atoms with Crippen molar-refractivity contribution < 1.29 is 13.2 Å². The van der Waals surface area contributed by atoms with Crippen LogP contribution in [0.3, 0.4) is 0 Å². The van der Waals surface area contributed by atoms with Crippen molar-refractivity contribution in [3.05, 3.63) is 0 Å². The van der Waals surface area contributed by atoms with E-state index in [0.717, 1.165) is 51.5 Å². The van der Waals surface area contributed by atoms with Gasteiger partial charge in [-0.25, -0.2) is 13.1 Å². The van der Waals surface area contributed by atoms with Crippen LogP contribution >= 0.6 is 0 Å². The Kier molecular flexibility index (Phi) is 5.43. The molecular formula is C14H26N2O3S. The fourth-order valence-corrected chi connectivity index (χ4v) is 3.83. The fraction of sp³-hybridized carbons (Fsp3) is 0.929. The van der Waals surface area contributed by atoms with E-state index in [1.54, 1.807) is 0 Å². The average Bonchev–Trinajstić information content (AvgIpc) is 2.45. The number of hydrogen-bond donors (Lipinski definition) is 1. The first-order valence-corrected chi connectivity index (χ1v) is 9.61. The van der Waals surface area contributed by atoms with E-state index in [1.165, 1.54) is 12.7 Å². The quantitative estimate of drug-likeness (QED) is 0.856. The number of likely N-dealkylation sites (tertiary alicyclic amines) is 1. The van der Waals surface area contributed by atoms with Crippen LogP contribution in [-0.2, 0) is 14.8 Å². The lowest BCUT2D eigenvalue weighted by molar-refractivity contribution is -0.140. The molecule has 0 spiro atoms. The van der Waals surface area contributed by atoms with E-state index < -0.39 is 10.0 Å². The third-order valence-corrected chi connectivity index (χ3v) is 5.14. The smallest absolute Gasteiger partial charge is 0.225 e. The summed E-state index contributed by atoms with van der Waals surface area (Å²) in [6.07, 6.45) is 9.72. The molecule has 1 saturated heterocycles. The van der Waals surface area contributed by atoms with E-state index >= 15 is 0 Å². The molecule has 0 aromatic rings. The van der Waals surface area contributed by atoms with Gasteiger partial charge in [0.2, 0.25) is 15.9 Å². The summed E-state index contributed by atoms with van der Waals surface area (Å²) in [6, 6.07) is 0.0351. The van der Waals surface area contributed by atoms with Crippen LogP contribution in [-0.4, -0.2) is 44.6 Å². The Labute approximate surface area is 122 Å². The van der Waals surface area contributed by atoms with Gasteiger partial charge >= 0.3 is 0 Å². The number of piperidine rings is 1. The monoisotopic (exact) mass is 302 g/mol. The Morgan fingerprint density at radius 3 is 2.40 bits per heavy atom. The highest BCUT2D eigenvalue weighted by Crippen LogP contribution is 2.28. The van der Waals surface area contributed by atoms with Crippen molar-refractivity contribution in [1.29, 1.82) is 0 Å². The summed E-state index contributed by atoms with van der Waals surface area (Å²) in [7, 11) is -3.19. The van der Waals surface area contributed by atoms with Gasteiger partial charge in [0.25, 0.3) is 0 Å². The van der Waals surface area contributed by atoms with Crippen molar-refractivity contribution in [2.24, 2.45) is 5.92 Å². The molecular weight excluding hydrogens is 276 g/mol. The molecule has 0 radical (unpaired) electrons. The van der Waals surface area contributed by atoms with Gasteiger partial charge in [-0.15, -0.1) is 0 Å². The van der Waals surface area contributed by atoms with E-state index in [4.69, 9.17) is 0 Å². The van der Waals surface area contributed by atoms with Gasteiger partial charge in [0.1, 0.15) is 0 Å². The third kappa shape index (κ3) is 4.45. The van der Waals surface area contributed by atoms with Gasteiger partial charge in [-0.3, -0.25) is 4.79 Å². The predicted octanol–water partition coefficient (Wildman–Crippen LogP) is 1.50. The molecule has 1 heterocycles. The van der Waals surface area contributed by atoms with E-state index in [2.05, 4.69) is 4.72 Å². The van der Waals surface area contributed by atoms with Crippen LogP contribution in [0, 0.1) is 5.92 Å². The highest BCUT2D eigenvalue weighted by molar-refractivity contribution is 7.88. The van der Waals surface area contributed by atoms with Crippen molar-refractivity contribution in [3.8, 4) is 0 Å². The molecule has 0 unspecified atom stereocenters. The molecule has 1 aliphatic carbocycles. The first kappa shape index (κ1) is 15.8. The topological polar surface area (TPSA) is 66.5 Å². The normalized spacial score (nSPS) is 25.6. The molecule has 1 saturated carbocycles. The summed E-state index contributed by atoms with van der Waals surface area (Å²) in [5, 5.41) is 0. The Bertz CT molecular complexity index is 430. The molecule has 0 aromatic carbocycles. The number of carbonyl (C=O) groups is 1. The first-order valence-electron chi connectivity index (χ1n) is 7.72. The molecule has 20 heavy (non-hydrogen) atoms. The van der Waals surface area contributed by atoms with Gasteiger partial charge in [-0.2, -0.15) is 0 Å². The van der Waals surface area contributed by atoms with Crippen molar-refractivity contribution in [2.45, 2.75) is 57.4 Å². The Balaban J connectivity index is 1.96. The lowest BCUT2D eigenvalue weighted by atomic mass is 9.87. The predicted molar refractivity (Wildman–Crippen MR) is 78.8 cm³/mol. The van der Waals surface area contributed by atoms with Crippen LogP contribution in [0.25, 0.3) is 0 Å². The standard InChI is InChI=1S/C14H26N2O3S/c1-20(18,19)15-11-13-9-5-6-10-16(13)14(17)12-7-3-2-4-8-12/h12-13,15H,2-11H2,1H3/t13-/m0/s1. The number of nitrogens with zero attached hydrogens (tertiary/aromatic N) is 1. The highest BCUT2D eigenvalue weighted by atomic mass is 32.2. The molecule has 0 aromatic heterocycles. The van der Waals surface area contributed by atoms with Crippen molar-refractivity contribution in [1.82, 2.24) is 9.62 Å². The minimum atomic E-state index is -3.19. The Hall–Kier alpha value is -0.620. The van der Waals surface area contributed by atoms with E-state index in [1.807, 2.05) is 4.90 Å². The van der Waals surface area contributed by atoms with E-state index in [-0.39, 0.29) is 17.9 Å². The van der Waals surface area contributed by atoms with Crippen LogP contribution in [0.4, 0.5) is 0 Å². The minimum absolute atomic E-state index is 0.0351. The molecule has 116 valence electrons. The van der Waals surface area contributed by atoms with Gasteiger partial charge in [0.15, 0.2) is 0 Å². The van der Waals surface area contributed by atoms with Crippen LogP contribution < -0.4 is 4.72 Å². The molecule has 6 heteroatoms. The molecule has 2 rings (SSSR count). The molecule has 1 N–H and O–H groups in total. The number of hydrogen-bond acceptors (Lipinski definition) is 3. The zero-order valence-electron chi connectivity index (χ0n) is 12.3. The number of nitrogens with one attached hydrogen (secondary N) is 1. The minimum Gasteiger partial charge on any atom is -0.338 e. The van der Waals surface area contributed by atoms with Crippen LogP contribution in [0.15, 0.2) is 0 Å². The maximum absolute atomic E-state index is 12.6. The third-order valence-electron chi connectivity index (χ3n) is 4.45. The van der Waals surface area contributed by atoms with Gasteiger partial charge in [-0.05, 0) is 32.1 Å². The zero-order chi connectivity index (χ0) is 14.6. The van der Waals surface area contributed by atoms with Gasteiger partial charge < -0.3 is 4.90 Å². The summed E-state index contributed by atoms with van der Waals surface area (Å²) in [6.45, 7) is 1.14. The molecule has 2 aliphatic rings. The zero-order valence-corrected chi connectivity index (χ0v) is 13.1. The number of sulfonamides is 1. The second-order valence-electron chi connectivity index (χ2n) is 6.14. The van der Waals surface area contributed by atoms with Crippen molar-refractivity contribution in [3.63, 3.8) is 0 Å². The fourth-order valence-electron chi connectivity index (χ4n) is 3.33. The van der Waals surface area contributed by atoms with E-state index in [9.17, 15) is 13.2 Å². The summed E-state index contributed by atoms with van der Waals surface area (Å²) in [5.74, 6) is 0.423. The molecule has 2 fully saturated rings. The molecule has 0 bridgehead atoms. The SMILES string of the molecule is CS(=O)(=O)NC[C@@H]1CCCCN1C(=O)C1CCCCC1. The summed E-state index contributed by atoms with van der Waals surface area (Å²) in [4.78, 5) is 14.6. The Morgan fingerprint density at radius 2 is 1.75 bits per heavy atom. The summed E-state index contributed by atoms with van der Waals surface area (Å²) >= 11 is 0. The Morgan fingerprint density at radius 1 is 1.10 bits per heavy atom. The lowest BCUT2D eigenvalue weighted by Gasteiger charge is -2.38. The van der Waals surface area contributed by atoms with Crippen LogP contribution in [0.1, 0.15) is 51.4 Å². The van der Waals surface area contributed by atoms with Crippen molar-refractivity contribution in [2.75, 3.05) is 19.3 Å². The van der Waals surface area contributed by atoms with Gasteiger partial charge in [-0.1, -0.05) is 19.3 Å². The molecule has 1 amide bonds. The van der Waals surface area contributed by atoms with E-state index in [0.29, 0.717) is 6.54 Å². The molecule has 5 nitrogen and oxygen atoms in total. The highest BCUT2D eigenvalue weighted by Gasteiger charge is 2.32. The largest absolute Gasteiger partial charge is 0.338 e. The van der Waals surface area contributed by atoms with Gasteiger partial charge in [0.05, 0.1) is 6.26 Å².